The topological polar surface area (TPSA) is 0 Å². The first-order chi connectivity index (χ1) is 17.9. The third-order valence-corrected chi connectivity index (χ3v) is 7.05. The normalized spacial score (nSPS) is 10.3. The van der Waals surface area contributed by atoms with Crippen molar-refractivity contribution in [3.63, 3.8) is 0 Å². The molecule has 0 aromatic heterocycles. The Bertz CT molecular complexity index is 1310. The van der Waals surface area contributed by atoms with Crippen LogP contribution in [0, 0.1) is 6.08 Å². The Kier molecular flexibility index (Phi) is 17.7. The van der Waals surface area contributed by atoms with E-state index in [2.05, 4.69) is 158 Å². The monoisotopic (exact) mass is 730 g/mol. The molecule has 1 radical (unpaired) electrons. The van der Waals surface area contributed by atoms with Gasteiger partial charge in [0.25, 0.3) is 0 Å². The van der Waals surface area contributed by atoms with Crippen LogP contribution in [0.1, 0.15) is 6.42 Å². The van der Waals surface area contributed by atoms with Crippen molar-refractivity contribution in [2.75, 3.05) is 0 Å². The van der Waals surface area contributed by atoms with Gasteiger partial charge in [-0.05, 0) is 0 Å². The van der Waals surface area contributed by atoms with Crippen molar-refractivity contribution in [2.45, 2.75) is 6.42 Å². The van der Waals surface area contributed by atoms with Gasteiger partial charge in [-0.3, -0.25) is 6.08 Å². The van der Waals surface area contributed by atoms with Gasteiger partial charge in [-0.2, -0.15) is 41.1 Å². The van der Waals surface area contributed by atoms with E-state index in [0.29, 0.717) is 0 Å². The molecule has 0 spiro atoms. The molecule has 0 bridgehead atoms. The van der Waals surface area contributed by atoms with Gasteiger partial charge >= 0.3 is 0 Å². The van der Waals surface area contributed by atoms with Crippen LogP contribution in [0.25, 0.3) is 21.5 Å². The number of halogens is 2. The Morgan fingerprint density at radius 1 is 0.538 bits per heavy atom. The van der Waals surface area contributed by atoms with Crippen molar-refractivity contribution in [3.05, 3.63) is 170 Å². The van der Waals surface area contributed by atoms with Crippen molar-refractivity contribution in [1.29, 1.82) is 0 Å². The molecular formula is C35H32Cl2HfSi-3. The van der Waals surface area contributed by atoms with Crippen LogP contribution in [0.4, 0.5) is 0 Å². The molecule has 0 atom stereocenters. The molecule has 6 aromatic carbocycles. The van der Waals surface area contributed by atoms with Crippen molar-refractivity contribution in [3.8, 4) is 0 Å². The third kappa shape index (κ3) is 12.3. The van der Waals surface area contributed by atoms with E-state index in [4.69, 9.17) is 0 Å². The predicted octanol–water partition coefficient (Wildman–Crippen LogP) is 8.34. The van der Waals surface area contributed by atoms with Gasteiger partial charge in [-0.15, -0.1) is 90.5 Å². The second-order valence-corrected chi connectivity index (χ2v) is 9.90. The van der Waals surface area contributed by atoms with Crippen molar-refractivity contribution in [2.24, 2.45) is 0 Å². The Labute approximate surface area is 266 Å². The summed E-state index contributed by atoms with van der Waals surface area (Å²) in [7, 11) is 0.271. The van der Waals surface area contributed by atoms with Gasteiger partial charge in [0.05, 0.1) is 0 Å². The maximum atomic E-state index is 2.99. The number of rotatable bonds is 2. The minimum Gasteiger partial charge on any atom is -0.273 e. The molecule has 39 heavy (non-hydrogen) atoms. The molecule has 1 aliphatic carbocycles. The molecule has 197 valence electrons. The first-order valence-electron chi connectivity index (χ1n) is 12.3. The zero-order valence-electron chi connectivity index (χ0n) is 21.7. The minimum atomic E-state index is 0. The molecule has 0 aliphatic heterocycles. The third-order valence-electron chi connectivity index (χ3n) is 5.61. The molecule has 1 aliphatic rings. The van der Waals surface area contributed by atoms with Crippen LogP contribution < -0.4 is 10.4 Å². The second kappa shape index (κ2) is 20.2. The van der Waals surface area contributed by atoms with Crippen LogP contribution in [0.2, 0.25) is 0 Å². The number of allylic oxidation sites excluding steroid dienone is 4. The van der Waals surface area contributed by atoms with Gasteiger partial charge in [0.2, 0.25) is 0 Å². The largest absolute Gasteiger partial charge is 0.273 e. The summed E-state index contributed by atoms with van der Waals surface area (Å²) in [5, 5.41) is 8.23. The molecular weight excluding hydrogens is 698 g/mol. The van der Waals surface area contributed by atoms with Crippen LogP contribution in [0.15, 0.2) is 164 Å². The summed E-state index contributed by atoms with van der Waals surface area (Å²) in [4.78, 5) is 0. The standard InChI is InChI=1S/C12H11Si.2C9H7.C5H5.2ClH.Hf/c1-3-7-11(8-4-1)13-12-9-5-2-6-10-12;2*1-2-5-9-7-3-6-8(9)4-1;1-2-4-5-3-1;;;/h1-10,13H;2*1-7H;1-3H,4H2;2*1H;/q;3*-1;;;. The van der Waals surface area contributed by atoms with Crippen molar-refractivity contribution < 1.29 is 25.8 Å². The second-order valence-electron chi connectivity index (χ2n) is 8.28. The average Bonchev–Trinajstić information content (AvgIpc) is 3.74. The van der Waals surface area contributed by atoms with Crippen LogP contribution >= 0.6 is 24.8 Å². The van der Waals surface area contributed by atoms with Crippen LogP contribution in [-0.2, 0) is 25.8 Å². The Morgan fingerprint density at radius 2 is 0.974 bits per heavy atom. The van der Waals surface area contributed by atoms with Gasteiger partial charge in [0.15, 0.2) is 0 Å². The van der Waals surface area contributed by atoms with E-state index in [0.717, 1.165) is 6.42 Å². The van der Waals surface area contributed by atoms with Crippen LogP contribution in [-0.4, -0.2) is 9.52 Å². The summed E-state index contributed by atoms with van der Waals surface area (Å²) in [6.45, 7) is 0. The van der Waals surface area contributed by atoms with Crippen LogP contribution in [0.3, 0.4) is 0 Å². The smallest absolute Gasteiger partial charge is 0.103 e. The molecule has 0 nitrogen and oxygen atoms in total. The van der Waals surface area contributed by atoms with E-state index in [1.807, 2.05) is 12.2 Å². The fraction of sp³-hybridized carbons (Fsp3) is 0.0286. The number of hydrogen-bond acceptors (Lipinski definition) is 0. The summed E-state index contributed by atoms with van der Waals surface area (Å²) in [5.41, 5.74) is 0. The summed E-state index contributed by atoms with van der Waals surface area (Å²) in [6, 6.07) is 50.7. The Hall–Kier alpha value is -2.75. The first kappa shape index (κ1) is 34.3. The zero-order chi connectivity index (χ0) is 24.7. The predicted molar refractivity (Wildman–Crippen MR) is 174 cm³/mol. The molecule has 6 aromatic rings. The number of hydrogen-bond donors (Lipinski definition) is 0. The average molecular weight is 730 g/mol. The van der Waals surface area contributed by atoms with E-state index in [-0.39, 0.29) is 60.2 Å². The molecule has 7 rings (SSSR count). The number of fused-ring (bicyclic) bond motifs is 2. The molecule has 0 unspecified atom stereocenters. The summed E-state index contributed by atoms with van der Waals surface area (Å²) in [6.07, 6.45) is 10.0. The molecule has 0 N–H and O–H groups in total. The van der Waals surface area contributed by atoms with E-state index >= 15 is 0 Å². The first-order valence-corrected chi connectivity index (χ1v) is 13.4. The van der Waals surface area contributed by atoms with Gasteiger partial charge in [0, 0.05) is 25.8 Å². The maximum absolute atomic E-state index is 2.99. The summed E-state index contributed by atoms with van der Waals surface area (Å²) >= 11 is 0. The molecule has 0 saturated heterocycles. The Morgan fingerprint density at radius 3 is 1.33 bits per heavy atom. The Balaban J connectivity index is 0.000000264. The van der Waals surface area contributed by atoms with Crippen LogP contribution in [0.5, 0.6) is 0 Å². The van der Waals surface area contributed by atoms with E-state index < -0.39 is 0 Å². The summed E-state index contributed by atoms with van der Waals surface area (Å²) < 4.78 is 0. The quantitative estimate of drug-likeness (QED) is 0.124. The molecule has 0 heterocycles. The van der Waals surface area contributed by atoms with Gasteiger partial charge in [-0.25, -0.2) is 12.2 Å². The maximum Gasteiger partial charge on any atom is 0.103 e. The van der Waals surface area contributed by atoms with Gasteiger partial charge < -0.3 is 0 Å². The SMILES string of the molecule is Cl.Cl.[C-]1=CC=CC1.[Hf].c1ccc([SiH]c2ccccc2)cc1.c1ccc2[cH-]ccc2c1.c1ccc2[cH-]ccc2c1. The molecule has 0 amide bonds. The van der Waals surface area contributed by atoms with E-state index in [9.17, 15) is 0 Å². The fourth-order valence-corrected chi connectivity index (χ4v) is 4.99. The fourth-order valence-electron chi connectivity index (χ4n) is 3.77. The molecule has 4 heteroatoms. The van der Waals surface area contributed by atoms with Crippen molar-refractivity contribution in [1.82, 2.24) is 0 Å². The molecule has 0 saturated carbocycles. The molecule has 0 fully saturated rings. The summed E-state index contributed by atoms with van der Waals surface area (Å²) in [5.74, 6) is 0. The minimum absolute atomic E-state index is 0. The van der Waals surface area contributed by atoms with E-state index in [1.54, 1.807) is 0 Å². The van der Waals surface area contributed by atoms with Gasteiger partial charge in [-0.1, -0.05) is 83.2 Å². The zero-order valence-corrected chi connectivity index (χ0v) is 28.1. The van der Waals surface area contributed by atoms with Gasteiger partial charge in [0.1, 0.15) is 9.52 Å². The van der Waals surface area contributed by atoms with E-state index in [1.165, 1.54) is 31.9 Å². The van der Waals surface area contributed by atoms with Crippen molar-refractivity contribution >= 4 is 66.3 Å². The number of benzene rings is 4.